The standard InChI is InChI=1S/C27H25N3O2S/c1-18-7-14-24-25(15-18)33-27(29-24)30(28-17-19-8-12-23(32-2)13-9-19)26(31)22-11-10-20-5-3-4-6-21(20)16-22/h7-17H,3-6H2,1-2H3/b28-17+. The minimum atomic E-state index is -0.177. The van der Waals surface area contributed by atoms with Crippen molar-refractivity contribution in [3.63, 3.8) is 0 Å². The number of thiazole rings is 1. The smallest absolute Gasteiger partial charge is 0.280 e. The number of aromatic nitrogens is 1. The van der Waals surface area contributed by atoms with Crippen LogP contribution in [0.3, 0.4) is 0 Å². The highest BCUT2D eigenvalue weighted by Crippen LogP contribution is 2.31. The minimum absolute atomic E-state index is 0.177. The fourth-order valence-corrected chi connectivity index (χ4v) is 5.12. The Morgan fingerprint density at radius 2 is 1.82 bits per heavy atom. The average Bonchev–Trinajstić information content (AvgIpc) is 3.27. The van der Waals surface area contributed by atoms with Crippen LogP contribution in [0.4, 0.5) is 5.13 Å². The van der Waals surface area contributed by atoms with Gasteiger partial charge in [0.25, 0.3) is 5.91 Å². The minimum Gasteiger partial charge on any atom is -0.497 e. The monoisotopic (exact) mass is 455 g/mol. The summed E-state index contributed by atoms with van der Waals surface area (Å²) in [6.45, 7) is 2.05. The van der Waals surface area contributed by atoms with E-state index in [2.05, 4.69) is 24.2 Å². The molecule has 0 radical (unpaired) electrons. The van der Waals surface area contributed by atoms with Gasteiger partial charge in [-0.05, 0) is 103 Å². The molecule has 166 valence electrons. The Kier molecular flexibility index (Phi) is 5.92. The molecule has 0 N–H and O–H groups in total. The van der Waals surface area contributed by atoms with E-state index in [1.165, 1.54) is 40.3 Å². The maximum Gasteiger partial charge on any atom is 0.280 e. The Labute approximate surface area is 197 Å². The Bertz CT molecular complexity index is 1340. The molecule has 0 saturated carbocycles. The number of hydrogen-bond acceptors (Lipinski definition) is 5. The molecule has 0 fully saturated rings. The van der Waals surface area contributed by atoms with Crippen molar-refractivity contribution in [1.82, 2.24) is 4.98 Å². The predicted molar refractivity (Wildman–Crippen MR) is 135 cm³/mol. The number of benzene rings is 3. The molecule has 4 aromatic rings. The summed E-state index contributed by atoms with van der Waals surface area (Å²) in [5, 5.41) is 6.58. The summed E-state index contributed by atoms with van der Waals surface area (Å²) in [4.78, 5) is 18.4. The fraction of sp³-hybridized carbons (Fsp3) is 0.222. The molecular weight excluding hydrogens is 430 g/mol. The molecule has 1 amide bonds. The van der Waals surface area contributed by atoms with Crippen LogP contribution in [0.5, 0.6) is 5.75 Å². The van der Waals surface area contributed by atoms with Gasteiger partial charge in [0.15, 0.2) is 0 Å². The Hall–Kier alpha value is -3.51. The molecule has 3 aromatic carbocycles. The van der Waals surface area contributed by atoms with Crippen LogP contribution in [0, 0.1) is 6.92 Å². The lowest BCUT2D eigenvalue weighted by Gasteiger charge is -2.18. The number of hydrazone groups is 1. The summed E-state index contributed by atoms with van der Waals surface area (Å²) in [5.74, 6) is 0.597. The molecule has 0 spiro atoms. The van der Waals surface area contributed by atoms with Gasteiger partial charge in [-0.25, -0.2) is 4.98 Å². The van der Waals surface area contributed by atoms with Crippen LogP contribution in [0.1, 0.15) is 45.5 Å². The van der Waals surface area contributed by atoms with E-state index in [1.807, 2.05) is 48.5 Å². The maximum absolute atomic E-state index is 13.7. The molecular formula is C27H25N3O2S. The van der Waals surface area contributed by atoms with Crippen molar-refractivity contribution < 1.29 is 9.53 Å². The van der Waals surface area contributed by atoms with Gasteiger partial charge in [0, 0.05) is 5.56 Å². The van der Waals surface area contributed by atoms with Crippen LogP contribution < -0.4 is 9.75 Å². The van der Waals surface area contributed by atoms with Crippen LogP contribution in [-0.4, -0.2) is 24.2 Å². The van der Waals surface area contributed by atoms with Crippen LogP contribution in [0.15, 0.2) is 65.8 Å². The molecule has 0 unspecified atom stereocenters. The van der Waals surface area contributed by atoms with E-state index in [0.29, 0.717) is 10.7 Å². The summed E-state index contributed by atoms with van der Waals surface area (Å²) >= 11 is 1.47. The summed E-state index contributed by atoms with van der Waals surface area (Å²) in [6.07, 6.45) is 6.17. The van der Waals surface area contributed by atoms with Gasteiger partial charge in [0.05, 0.1) is 23.5 Å². The van der Waals surface area contributed by atoms with Gasteiger partial charge in [-0.1, -0.05) is 23.5 Å². The van der Waals surface area contributed by atoms with Crippen molar-refractivity contribution in [3.8, 4) is 5.75 Å². The fourth-order valence-electron chi connectivity index (χ4n) is 4.10. The van der Waals surface area contributed by atoms with E-state index in [4.69, 9.17) is 9.72 Å². The second-order valence-corrected chi connectivity index (χ2v) is 9.30. The molecule has 6 heteroatoms. The third-order valence-electron chi connectivity index (χ3n) is 5.94. The molecule has 0 saturated heterocycles. The van der Waals surface area contributed by atoms with Crippen LogP contribution in [-0.2, 0) is 12.8 Å². The van der Waals surface area contributed by atoms with E-state index >= 15 is 0 Å². The number of methoxy groups -OCH3 is 1. The Morgan fingerprint density at radius 3 is 2.61 bits per heavy atom. The van der Waals surface area contributed by atoms with E-state index in [0.717, 1.165) is 39.9 Å². The van der Waals surface area contributed by atoms with Crippen LogP contribution >= 0.6 is 11.3 Å². The number of carbonyl (C=O) groups excluding carboxylic acids is 1. The van der Waals surface area contributed by atoms with E-state index in [1.54, 1.807) is 13.3 Å². The van der Waals surface area contributed by atoms with E-state index < -0.39 is 0 Å². The zero-order valence-electron chi connectivity index (χ0n) is 18.7. The Morgan fingerprint density at radius 1 is 1.03 bits per heavy atom. The molecule has 1 heterocycles. The number of hydrogen-bond donors (Lipinski definition) is 0. The third kappa shape index (κ3) is 4.52. The second kappa shape index (κ2) is 9.16. The lowest BCUT2D eigenvalue weighted by molar-refractivity contribution is 0.0987. The first kappa shape index (κ1) is 21.3. The van der Waals surface area contributed by atoms with Crippen molar-refractivity contribution in [3.05, 3.63) is 88.5 Å². The van der Waals surface area contributed by atoms with Crippen molar-refractivity contribution in [2.75, 3.05) is 12.1 Å². The van der Waals surface area contributed by atoms with E-state index in [-0.39, 0.29) is 5.91 Å². The predicted octanol–water partition coefficient (Wildman–Crippen LogP) is 6.17. The lowest BCUT2D eigenvalue weighted by atomic mass is 9.90. The van der Waals surface area contributed by atoms with Gasteiger partial charge >= 0.3 is 0 Å². The highest BCUT2D eigenvalue weighted by Gasteiger charge is 2.22. The Balaban J connectivity index is 1.53. The van der Waals surface area contributed by atoms with Crippen LogP contribution in [0.2, 0.25) is 0 Å². The molecule has 0 atom stereocenters. The normalized spacial score (nSPS) is 13.3. The van der Waals surface area contributed by atoms with Gasteiger partial charge in [-0.15, -0.1) is 0 Å². The highest BCUT2D eigenvalue weighted by molar-refractivity contribution is 7.22. The number of carbonyl (C=O) groups is 1. The second-order valence-electron chi connectivity index (χ2n) is 8.29. The number of rotatable bonds is 5. The SMILES string of the molecule is COc1ccc(/C=N/N(C(=O)c2ccc3c(c2)CCCC3)c2nc3ccc(C)cc3s2)cc1. The van der Waals surface area contributed by atoms with Gasteiger partial charge in [-0.3, -0.25) is 4.79 Å². The molecule has 1 aliphatic rings. The number of anilines is 1. The molecule has 1 aliphatic carbocycles. The van der Waals surface area contributed by atoms with Gasteiger partial charge < -0.3 is 4.74 Å². The largest absolute Gasteiger partial charge is 0.497 e. The summed E-state index contributed by atoms with van der Waals surface area (Å²) < 4.78 is 6.27. The first-order chi connectivity index (χ1) is 16.1. The molecule has 5 nitrogen and oxygen atoms in total. The van der Waals surface area contributed by atoms with Gasteiger partial charge in [-0.2, -0.15) is 10.1 Å². The van der Waals surface area contributed by atoms with Gasteiger partial charge in [0.1, 0.15) is 5.75 Å². The maximum atomic E-state index is 13.7. The van der Waals surface area contributed by atoms with Gasteiger partial charge in [0.2, 0.25) is 5.13 Å². The van der Waals surface area contributed by atoms with Crippen molar-refractivity contribution in [2.24, 2.45) is 5.10 Å². The van der Waals surface area contributed by atoms with Crippen molar-refractivity contribution >= 4 is 38.8 Å². The molecule has 1 aromatic heterocycles. The first-order valence-corrected chi connectivity index (χ1v) is 11.9. The molecule has 0 bridgehead atoms. The number of aryl methyl sites for hydroxylation is 3. The van der Waals surface area contributed by atoms with Crippen LogP contribution in [0.25, 0.3) is 10.2 Å². The first-order valence-electron chi connectivity index (χ1n) is 11.1. The molecule has 5 rings (SSSR count). The lowest BCUT2D eigenvalue weighted by Crippen LogP contribution is -2.26. The summed E-state index contributed by atoms with van der Waals surface area (Å²) in [7, 11) is 1.64. The van der Waals surface area contributed by atoms with E-state index in [9.17, 15) is 4.79 Å². The summed E-state index contributed by atoms with van der Waals surface area (Å²) in [5.41, 5.74) is 6.15. The number of nitrogens with zero attached hydrogens (tertiary/aromatic N) is 3. The topological polar surface area (TPSA) is 54.8 Å². The number of fused-ring (bicyclic) bond motifs is 2. The third-order valence-corrected chi connectivity index (χ3v) is 6.93. The molecule has 33 heavy (non-hydrogen) atoms. The highest BCUT2D eigenvalue weighted by atomic mass is 32.1. The molecule has 0 aliphatic heterocycles. The zero-order chi connectivity index (χ0) is 22.8. The van der Waals surface area contributed by atoms with Crippen molar-refractivity contribution in [1.29, 1.82) is 0 Å². The summed E-state index contributed by atoms with van der Waals surface area (Å²) in [6, 6.07) is 19.7. The quantitative estimate of drug-likeness (QED) is 0.267. The number of amides is 1. The average molecular weight is 456 g/mol. The zero-order valence-corrected chi connectivity index (χ0v) is 19.6. The number of ether oxygens (including phenoxy) is 1. The van der Waals surface area contributed by atoms with Crippen molar-refractivity contribution in [2.45, 2.75) is 32.6 Å².